The Morgan fingerprint density at radius 3 is 2.46 bits per heavy atom. The van der Waals surface area contributed by atoms with Crippen LogP contribution < -0.4 is 19.5 Å². The van der Waals surface area contributed by atoms with Gasteiger partial charge in [-0.15, -0.1) is 0 Å². The molecule has 0 bridgehead atoms. The van der Waals surface area contributed by atoms with Gasteiger partial charge in [0.25, 0.3) is 0 Å². The second-order valence-corrected chi connectivity index (χ2v) is 5.15. The Hall–Kier alpha value is -2.71. The maximum Gasteiger partial charge on any atom is 0.422 e. The number of halogens is 5. The standard InChI is InChI=1S/C17H16F5NO3/c1-24-14-6-5-12(8-15(14)26-16(18)19)23-9-11-3-2-4-13(7-11)25-10-17(20,21)22/h2-8,16,23H,9-10H2,1H3. The molecule has 0 aromatic heterocycles. The maximum absolute atomic E-state index is 12.4. The Labute approximate surface area is 146 Å². The molecule has 0 saturated heterocycles. The van der Waals surface area contributed by atoms with Crippen LogP contribution in [0.3, 0.4) is 0 Å². The van der Waals surface area contributed by atoms with Gasteiger partial charge in [-0.25, -0.2) is 0 Å². The lowest BCUT2D eigenvalue weighted by Crippen LogP contribution is -2.19. The zero-order valence-corrected chi connectivity index (χ0v) is 13.6. The van der Waals surface area contributed by atoms with Gasteiger partial charge < -0.3 is 19.5 Å². The third-order valence-electron chi connectivity index (χ3n) is 3.18. The highest BCUT2D eigenvalue weighted by molar-refractivity contribution is 5.55. The maximum atomic E-state index is 12.4. The number of alkyl halides is 5. The first kappa shape index (κ1) is 19.6. The van der Waals surface area contributed by atoms with E-state index in [2.05, 4.69) is 14.8 Å². The number of benzene rings is 2. The number of nitrogens with one attached hydrogen (secondary N) is 1. The van der Waals surface area contributed by atoms with Crippen LogP contribution in [0.2, 0.25) is 0 Å². The molecule has 0 heterocycles. The molecule has 0 fully saturated rings. The fraction of sp³-hybridized carbons (Fsp3) is 0.294. The van der Waals surface area contributed by atoms with E-state index in [4.69, 9.17) is 4.74 Å². The largest absolute Gasteiger partial charge is 0.493 e. The molecule has 142 valence electrons. The lowest BCUT2D eigenvalue weighted by atomic mass is 10.2. The summed E-state index contributed by atoms with van der Waals surface area (Å²) in [4.78, 5) is 0. The van der Waals surface area contributed by atoms with Crippen LogP contribution in [0.4, 0.5) is 27.6 Å². The molecular formula is C17H16F5NO3. The summed E-state index contributed by atoms with van der Waals surface area (Å²) in [5.74, 6) is 0.103. The van der Waals surface area contributed by atoms with Crippen LogP contribution in [-0.2, 0) is 6.54 Å². The molecular weight excluding hydrogens is 361 g/mol. The van der Waals surface area contributed by atoms with Gasteiger partial charge in [-0.05, 0) is 29.8 Å². The summed E-state index contributed by atoms with van der Waals surface area (Å²) < 4.78 is 75.4. The molecule has 0 radical (unpaired) electrons. The average molecular weight is 377 g/mol. The second-order valence-electron chi connectivity index (χ2n) is 5.15. The lowest BCUT2D eigenvalue weighted by Gasteiger charge is -2.13. The van der Waals surface area contributed by atoms with Crippen molar-refractivity contribution >= 4 is 5.69 Å². The SMILES string of the molecule is COc1ccc(NCc2cccc(OCC(F)(F)F)c2)cc1OC(F)F. The van der Waals surface area contributed by atoms with Gasteiger partial charge in [-0.1, -0.05) is 12.1 Å². The van der Waals surface area contributed by atoms with E-state index in [1.165, 1.54) is 31.4 Å². The minimum absolute atomic E-state index is 0.0816. The van der Waals surface area contributed by atoms with E-state index in [1.807, 2.05) is 0 Å². The molecule has 0 saturated carbocycles. The Kier molecular flexibility index (Phi) is 6.48. The predicted octanol–water partition coefficient (Wildman–Crippen LogP) is 4.85. The molecule has 2 aromatic rings. The summed E-state index contributed by atoms with van der Waals surface area (Å²) in [6, 6.07) is 10.5. The molecule has 26 heavy (non-hydrogen) atoms. The Balaban J connectivity index is 2.02. The molecule has 0 aliphatic heterocycles. The van der Waals surface area contributed by atoms with E-state index in [-0.39, 0.29) is 23.8 Å². The summed E-state index contributed by atoms with van der Waals surface area (Å²) >= 11 is 0. The number of hydrogen-bond acceptors (Lipinski definition) is 4. The summed E-state index contributed by atoms with van der Waals surface area (Å²) in [5, 5.41) is 2.97. The van der Waals surface area contributed by atoms with Crippen LogP contribution in [0.1, 0.15) is 5.56 Å². The molecule has 0 spiro atoms. The van der Waals surface area contributed by atoms with Crippen LogP contribution in [0.15, 0.2) is 42.5 Å². The smallest absolute Gasteiger partial charge is 0.422 e. The van der Waals surface area contributed by atoms with Crippen molar-refractivity contribution in [1.29, 1.82) is 0 Å². The number of rotatable bonds is 8. The molecule has 0 aliphatic carbocycles. The van der Waals surface area contributed by atoms with Crippen molar-refractivity contribution in [1.82, 2.24) is 0 Å². The molecule has 2 rings (SSSR count). The Morgan fingerprint density at radius 2 is 1.81 bits per heavy atom. The van der Waals surface area contributed by atoms with Gasteiger partial charge in [0, 0.05) is 18.3 Å². The van der Waals surface area contributed by atoms with Gasteiger partial charge in [0.15, 0.2) is 18.1 Å². The van der Waals surface area contributed by atoms with Gasteiger partial charge in [-0.2, -0.15) is 22.0 Å². The fourth-order valence-corrected chi connectivity index (χ4v) is 2.09. The van der Waals surface area contributed by atoms with Crippen molar-refractivity contribution in [2.24, 2.45) is 0 Å². The fourth-order valence-electron chi connectivity index (χ4n) is 2.09. The van der Waals surface area contributed by atoms with Gasteiger partial charge >= 0.3 is 12.8 Å². The molecule has 0 unspecified atom stereocenters. The predicted molar refractivity (Wildman–Crippen MR) is 84.9 cm³/mol. The number of anilines is 1. The second kappa shape index (κ2) is 8.59. The van der Waals surface area contributed by atoms with Crippen molar-refractivity contribution < 1.29 is 36.2 Å². The number of methoxy groups -OCH3 is 1. The van der Waals surface area contributed by atoms with E-state index < -0.39 is 19.4 Å². The minimum atomic E-state index is -4.42. The number of hydrogen-bond donors (Lipinski definition) is 1. The van der Waals surface area contributed by atoms with E-state index in [0.717, 1.165) is 0 Å². The van der Waals surface area contributed by atoms with Crippen LogP contribution in [-0.4, -0.2) is 26.5 Å². The Morgan fingerprint density at radius 1 is 1.04 bits per heavy atom. The first-order valence-electron chi connectivity index (χ1n) is 7.42. The topological polar surface area (TPSA) is 39.7 Å². The number of ether oxygens (including phenoxy) is 3. The zero-order valence-electron chi connectivity index (χ0n) is 13.6. The summed E-state index contributed by atoms with van der Waals surface area (Å²) in [7, 11) is 1.33. The molecule has 9 heteroatoms. The molecule has 2 aromatic carbocycles. The van der Waals surface area contributed by atoms with Crippen molar-refractivity contribution in [3.05, 3.63) is 48.0 Å². The van der Waals surface area contributed by atoms with Gasteiger partial charge in [0.2, 0.25) is 0 Å². The van der Waals surface area contributed by atoms with Gasteiger partial charge in [0.1, 0.15) is 5.75 Å². The van der Waals surface area contributed by atoms with Crippen molar-refractivity contribution in [2.75, 3.05) is 19.0 Å². The average Bonchev–Trinajstić information content (AvgIpc) is 2.58. The normalized spacial score (nSPS) is 11.3. The summed E-state index contributed by atoms with van der Waals surface area (Å²) in [6.07, 6.45) is -4.42. The quantitative estimate of drug-likeness (QED) is 0.668. The van der Waals surface area contributed by atoms with Gasteiger partial charge in [-0.3, -0.25) is 0 Å². The van der Waals surface area contributed by atoms with E-state index in [0.29, 0.717) is 11.3 Å². The summed E-state index contributed by atoms with van der Waals surface area (Å²) in [5.41, 5.74) is 1.12. The van der Waals surface area contributed by atoms with Crippen LogP contribution in [0, 0.1) is 0 Å². The molecule has 0 aliphatic rings. The van der Waals surface area contributed by atoms with Crippen LogP contribution >= 0.6 is 0 Å². The lowest BCUT2D eigenvalue weighted by molar-refractivity contribution is -0.153. The van der Waals surface area contributed by atoms with Crippen LogP contribution in [0.5, 0.6) is 17.2 Å². The van der Waals surface area contributed by atoms with E-state index in [1.54, 1.807) is 18.2 Å². The van der Waals surface area contributed by atoms with E-state index in [9.17, 15) is 22.0 Å². The summed E-state index contributed by atoms with van der Waals surface area (Å²) in [6.45, 7) is -4.14. The first-order chi connectivity index (χ1) is 12.3. The van der Waals surface area contributed by atoms with Crippen molar-refractivity contribution in [3.63, 3.8) is 0 Å². The van der Waals surface area contributed by atoms with Crippen LogP contribution in [0.25, 0.3) is 0 Å². The highest BCUT2D eigenvalue weighted by Crippen LogP contribution is 2.31. The molecule has 4 nitrogen and oxygen atoms in total. The van der Waals surface area contributed by atoms with Crippen molar-refractivity contribution in [3.8, 4) is 17.2 Å². The first-order valence-corrected chi connectivity index (χ1v) is 7.42. The van der Waals surface area contributed by atoms with Crippen molar-refractivity contribution in [2.45, 2.75) is 19.3 Å². The third kappa shape index (κ3) is 6.30. The molecule has 0 amide bonds. The monoisotopic (exact) mass is 377 g/mol. The molecule has 1 N–H and O–H groups in total. The highest BCUT2D eigenvalue weighted by atomic mass is 19.4. The minimum Gasteiger partial charge on any atom is -0.493 e. The Bertz CT molecular complexity index is 722. The third-order valence-corrected chi connectivity index (χ3v) is 3.18. The van der Waals surface area contributed by atoms with E-state index >= 15 is 0 Å². The molecule has 0 atom stereocenters. The zero-order chi connectivity index (χ0) is 19.2. The van der Waals surface area contributed by atoms with Gasteiger partial charge in [0.05, 0.1) is 7.11 Å². The highest BCUT2D eigenvalue weighted by Gasteiger charge is 2.28.